The number of hydrogen-bond donors (Lipinski definition) is 0. The quantitative estimate of drug-likeness (QED) is 0.368. The zero-order valence-electron chi connectivity index (χ0n) is 11.7. The minimum Gasteiger partial charge on any atom is -0.454 e. The zero-order valence-corrected chi connectivity index (χ0v) is 12.4. The van der Waals surface area contributed by atoms with Crippen LogP contribution in [0.3, 0.4) is 0 Å². The minimum absolute atomic E-state index is 0.0502. The summed E-state index contributed by atoms with van der Waals surface area (Å²) < 4.78 is 10.4. The lowest BCUT2D eigenvalue weighted by Gasteiger charge is -2.00. The Bertz CT molecular complexity index is 831. The molecule has 23 heavy (non-hydrogen) atoms. The number of carbonyl (C=O) groups excluding carboxylic acids is 1. The van der Waals surface area contributed by atoms with E-state index in [4.69, 9.17) is 21.1 Å². The number of ether oxygens (including phenoxy) is 2. The molecule has 0 radical (unpaired) electrons. The van der Waals surface area contributed by atoms with Crippen LogP contribution in [0, 0.1) is 10.1 Å². The molecule has 0 amide bonds. The number of allylic oxidation sites excluding steroid dienone is 1. The van der Waals surface area contributed by atoms with Crippen molar-refractivity contribution in [2.75, 3.05) is 6.79 Å². The molecule has 0 N–H and O–H groups in total. The first-order chi connectivity index (χ1) is 11.0. The number of nitrogens with zero attached hydrogens (tertiary/aromatic N) is 1. The number of carbonyl (C=O) groups is 1. The van der Waals surface area contributed by atoms with E-state index in [1.54, 1.807) is 24.3 Å². The molecule has 0 atom stereocenters. The van der Waals surface area contributed by atoms with Crippen LogP contribution < -0.4 is 9.47 Å². The van der Waals surface area contributed by atoms with Gasteiger partial charge in [0, 0.05) is 11.6 Å². The fourth-order valence-electron chi connectivity index (χ4n) is 2.09. The summed E-state index contributed by atoms with van der Waals surface area (Å²) in [6, 6.07) is 9.22. The Morgan fingerprint density at radius 3 is 2.74 bits per heavy atom. The van der Waals surface area contributed by atoms with Gasteiger partial charge in [0.2, 0.25) is 6.79 Å². The van der Waals surface area contributed by atoms with Crippen molar-refractivity contribution in [2.24, 2.45) is 0 Å². The average molecular weight is 332 g/mol. The summed E-state index contributed by atoms with van der Waals surface area (Å²) >= 11 is 5.75. The van der Waals surface area contributed by atoms with E-state index in [1.807, 2.05) is 0 Å². The number of nitro groups is 1. The molecular weight excluding hydrogens is 322 g/mol. The van der Waals surface area contributed by atoms with Crippen molar-refractivity contribution >= 4 is 29.1 Å². The van der Waals surface area contributed by atoms with Crippen molar-refractivity contribution in [3.05, 3.63) is 68.7 Å². The first-order valence-corrected chi connectivity index (χ1v) is 6.98. The Balaban J connectivity index is 1.81. The maximum absolute atomic E-state index is 12.2. The van der Waals surface area contributed by atoms with E-state index in [9.17, 15) is 14.9 Å². The van der Waals surface area contributed by atoms with E-state index in [1.165, 1.54) is 24.3 Å². The van der Waals surface area contributed by atoms with Gasteiger partial charge in [0.15, 0.2) is 17.3 Å². The van der Waals surface area contributed by atoms with Gasteiger partial charge in [-0.1, -0.05) is 23.7 Å². The Labute approximate surface area is 136 Å². The van der Waals surface area contributed by atoms with Crippen LogP contribution in [0.5, 0.6) is 11.5 Å². The standard InChI is InChI=1S/C16H10ClNO5/c17-12-4-1-10(7-13(12)18(20)21)2-5-14(19)11-3-6-15-16(8-11)23-9-22-15/h1-8H,9H2/b5-2+. The molecule has 0 spiro atoms. The maximum Gasteiger partial charge on any atom is 0.288 e. The molecule has 0 fully saturated rings. The van der Waals surface area contributed by atoms with E-state index in [-0.39, 0.29) is 23.3 Å². The minimum atomic E-state index is -0.570. The predicted molar refractivity (Wildman–Crippen MR) is 84.0 cm³/mol. The molecule has 1 heterocycles. The van der Waals surface area contributed by atoms with Crippen LogP contribution in [0.2, 0.25) is 5.02 Å². The number of fused-ring (bicyclic) bond motifs is 1. The van der Waals surface area contributed by atoms with Crippen molar-refractivity contribution in [1.29, 1.82) is 0 Å². The molecule has 116 valence electrons. The molecule has 0 bridgehead atoms. The van der Waals surface area contributed by atoms with Crippen molar-refractivity contribution in [3.63, 3.8) is 0 Å². The lowest BCUT2D eigenvalue weighted by Crippen LogP contribution is -1.94. The van der Waals surface area contributed by atoms with E-state index < -0.39 is 4.92 Å². The summed E-state index contributed by atoms with van der Waals surface area (Å²) in [6.45, 7) is 0.136. The lowest BCUT2D eigenvalue weighted by molar-refractivity contribution is -0.384. The van der Waals surface area contributed by atoms with Gasteiger partial charge in [-0.15, -0.1) is 0 Å². The highest BCUT2D eigenvalue weighted by atomic mass is 35.5. The van der Waals surface area contributed by atoms with Gasteiger partial charge in [-0.3, -0.25) is 14.9 Å². The SMILES string of the molecule is O=C(/C=C/c1ccc(Cl)c([N+](=O)[O-])c1)c1ccc2c(c1)OCO2. The second-order valence-electron chi connectivity index (χ2n) is 4.73. The van der Waals surface area contributed by atoms with Crippen LogP contribution >= 0.6 is 11.6 Å². The normalized spacial score (nSPS) is 12.6. The number of rotatable bonds is 4. The fourth-order valence-corrected chi connectivity index (χ4v) is 2.28. The maximum atomic E-state index is 12.2. The summed E-state index contributed by atoms with van der Waals surface area (Å²) in [5, 5.41) is 10.9. The molecule has 7 heteroatoms. The number of nitro benzene ring substituents is 1. The molecule has 0 unspecified atom stereocenters. The first kappa shape index (κ1) is 15.1. The van der Waals surface area contributed by atoms with E-state index in [2.05, 4.69) is 0 Å². The van der Waals surface area contributed by atoms with Crippen molar-refractivity contribution < 1.29 is 19.2 Å². The lowest BCUT2D eigenvalue weighted by atomic mass is 10.1. The van der Waals surface area contributed by atoms with E-state index >= 15 is 0 Å². The van der Waals surface area contributed by atoms with Gasteiger partial charge in [-0.2, -0.15) is 0 Å². The van der Waals surface area contributed by atoms with Gasteiger partial charge < -0.3 is 9.47 Å². The van der Waals surface area contributed by atoms with Gasteiger partial charge >= 0.3 is 0 Å². The van der Waals surface area contributed by atoms with Crippen LogP contribution in [-0.4, -0.2) is 17.5 Å². The molecule has 1 aliphatic heterocycles. The summed E-state index contributed by atoms with van der Waals surface area (Å²) in [5.74, 6) is 0.867. The van der Waals surface area contributed by atoms with Gasteiger partial charge in [-0.05, 0) is 35.9 Å². The molecular formula is C16H10ClNO5. The monoisotopic (exact) mass is 331 g/mol. The van der Waals surface area contributed by atoms with Gasteiger partial charge in [0.1, 0.15) is 5.02 Å². The number of ketones is 1. The van der Waals surface area contributed by atoms with E-state index in [0.29, 0.717) is 22.6 Å². The van der Waals surface area contributed by atoms with Gasteiger partial charge in [-0.25, -0.2) is 0 Å². The molecule has 0 aromatic heterocycles. The van der Waals surface area contributed by atoms with E-state index in [0.717, 1.165) is 0 Å². The second kappa shape index (κ2) is 6.10. The number of hydrogen-bond acceptors (Lipinski definition) is 5. The highest BCUT2D eigenvalue weighted by Crippen LogP contribution is 2.32. The predicted octanol–water partition coefficient (Wildman–Crippen LogP) is 3.87. The van der Waals surface area contributed by atoms with Crippen LogP contribution in [0.25, 0.3) is 6.08 Å². The molecule has 3 rings (SSSR count). The third kappa shape index (κ3) is 3.17. The molecule has 2 aromatic rings. The highest BCUT2D eigenvalue weighted by molar-refractivity contribution is 6.32. The third-order valence-corrected chi connectivity index (χ3v) is 3.57. The molecule has 2 aromatic carbocycles. The average Bonchev–Trinajstić information content (AvgIpc) is 3.01. The largest absolute Gasteiger partial charge is 0.454 e. The Morgan fingerprint density at radius 1 is 1.17 bits per heavy atom. The number of benzene rings is 2. The van der Waals surface area contributed by atoms with Crippen molar-refractivity contribution in [3.8, 4) is 11.5 Å². The summed E-state index contributed by atoms with van der Waals surface area (Å²) in [6.07, 6.45) is 2.83. The van der Waals surface area contributed by atoms with Gasteiger partial charge in [0.05, 0.1) is 4.92 Å². The first-order valence-electron chi connectivity index (χ1n) is 6.60. The summed E-state index contributed by atoms with van der Waals surface area (Å²) in [5.41, 5.74) is 0.744. The second-order valence-corrected chi connectivity index (χ2v) is 5.14. The van der Waals surface area contributed by atoms with Crippen LogP contribution in [0.15, 0.2) is 42.5 Å². The fraction of sp³-hybridized carbons (Fsp3) is 0.0625. The van der Waals surface area contributed by atoms with Crippen molar-refractivity contribution in [2.45, 2.75) is 0 Å². The molecule has 0 aliphatic carbocycles. The Kier molecular flexibility index (Phi) is 3.99. The third-order valence-electron chi connectivity index (χ3n) is 3.25. The zero-order chi connectivity index (χ0) is 16.4. The molecule has 0 saturated heterocycles. The van der Waals surface area contributed by atoms with Crippen LogP contribution in [-0.2, 0) is 0 Å². The summed E-state index contributed by atoms with van der Waals surface area (Å²) in [7, 11) is 0. The smallest absolute Gasteiger partial charge is 0.288 e. The highest BCUT2D eigenvalue weighted by Gasteiger charge is 2.15. The van der Waals surface area contributed by atoms with Crippen LogP contribution in [0.1, 0.15) is 15.9 Å². The molecule has 1 aliphatic rings. The number of halogens is 1. The topological polar surface area (TPSA) is 78.7 Å². The Hall–Kier alpha value is -2.86. The van der Waals surface area contributed by atoms with Gasteiger partial charge in [0.25, 0.3) is 5.69 Å². The molecule has 6 nitrogen and oxygen atoms in total. The molecule has 0 saturated carbocycles. The van der Waals surface area contributed by atoms with Crippen LogP contribution in [0.4, 0.5) is 5.69 Å². The van der Waals surface area contributed by atoms with Crippen molar-refractivity contribution in [1.82, 2.24) is 0 Å². The Morgan fingerprint density at radius 2 is 1.96 bits per heavy atom. The summed E-state index contributed by atoms with van der Waals surface area (Å²) in [4.78, 5) is 22.4.